The summed E-state index contributed by atoms with van der Waals surface area (Å²) >= 11 is 0. The van der Waals surface area contributed by atoms with E-state index in [0.717, 1.165) is 23.6 Å². The fourth-order valence-corrected chi connectivity index (χ4v) is 7.18. The third kappa shape index (κ3) is 5.01. The summed E-state index contributed by atoms with van der Waals surface area (Å²) in [5.41, 5.74) is 1.71. The summed E-state index contributed by atoms with van der Waals surface area (Å²) in [7, 11) is -4.38. The van der Waals surface area contributed by atoms with Crippen LogP contribution in [0.3, 0.4) is 0 Å². The van der Waals surface area contributed by atoms with E-state index in [-0.39, 0.29) is 39.1 Å². The molecule has 3 aromatic rings. The van der Waals surface area contributed by atoms with Crippen LogP contribution in [-0.2, 0) is 10.0 Å². The van der Waals surface area contributed by atoms with Crippen LogP contribution in [0.25, 0.3) is 11.1 Å². The van der Waals surface area contributed by atoms with Gasteiger partial charge in [0.05, 0.1) is 9.82 Å². The van der Waals surface area contributed by atoms with E-state index in [1.807, 2.05) is 4.72 Å². The van der Waals surface area contributed by atoms with Gasteiger partial charge in [0.2, 0.25) is 0 Å². The highest BCUT2D eigenvalue weighted by atomic mass is 32.2. The van der Waals surface area contributed by atoms with Gasteiger partial charge in [-0.1, -0.05) is 45.0 Å². The number of carbonyl (C=O) groups is 1. The van der Waals surface area contributed by atoms with Crippen molar-refractivity contribution in [2.45, 2.75) is 44.6 Å². The van der Waals surface area contributed by atoms with Crippen LogP contribution in [0.1, 0.15) is 44.0 Å². The van der Waals surface area contributed by atoms with Crippen molar-refractivity contribution in [2.75, 3.05) is 5.32 Å². The molecule has 1 amide bonds. The van der Waals surface area contributed by atoms with Gasteiger partial charge in [-0.25, -0.2) is 17.5 Å². The van der Waals surface area contributed by atoms with E-state index < -0.39 is 20.9 Å². The average Bonchev–Trinajstić information content (AvgIpc) is 2.89. The van der Waals surface area contributed by atoms with Crippen molar-refractivity contribution in [3.8, 4) is 11.1 Å². The van der Waals surface area contributed by atoms with Gasteiger partial charge < -0.3 is 5.32 Å². The predicted molar refractivity (Wildman–Crippen MR) is 146 cm³/mol. The van der Waals surface area contributed by atoms with Crippen LogP contribution in [0.5, 0.6) is 0 Å². The lowest BCUT2D eigenvalue weighted by Gasteiger charge is -2.62. The molecule has 204 valence electrons. The lowest BCUT2D eigenvalue weighted by molar-refractivity contribution is -0.384. The SMILES string of the molecule is C[C@@H]1[C@H]2C[C@@H](C[C@H]1Nc1ccc(S(=O)(=O)NC(=O)c3ccc(-c4ccc(F)cc4)cc3)cc1[N+](=O)[O-])C2(C)C. The fourth-order valence-electron chi connectivity index (χ4n) is 6.19. The number of fused-ring (bicyclic) bond motifs is 2. The Bertz CT molecular complexity index is 1540. The first-order valence-electron chi connectivity index (χ1n) is 12.8. The number of nitrogens with zero attached hydrogens (tertiary/aromatic N) is 1. The summed E-state index contributed by atoms with van der Waals surface area (Å²) < 4.78 is 41.1. The highest BCUT2D eigenvalue weighted by molar-refractivity contribution is 7.90. The van der Waals surface area contributed by atoms with Crippen LogP contribution in [-0.4, -0.2) is 25.3 Å². The average molecular weight is 552 g/mol. The second-order valence-electron chi connectivity index (χ2n) is 11.2. The molecule has 8 nitrogen and oxygen atoms in total. The van der Waals surface area contributed by atoms with Gasteiger partial charge in [0.25, 0.3) is 21.6 Å². The normalized spacial score (nSPS) is 23.4. The first-order chi connectivity index (χ1) is 18.4. The molecule has 0 saturated heterocycles. The molecule has 6 rings (SSSR count). The number of nitrogens with one attached hydrogen (secondary N) is 2. The fraction of sp³-hybridized carbons (Fsp3) is 0.345. The van der Waals surface area contributed by atoms with Crippen molar-refractivity contribution in [1.29, 1.82) is 0 Å². The Labute approximate surface area is 226 Å². The van der Waals surface area contributed by atoms with E-state index in [2.05, 4.69) is 26.1 Å². The number of carbonyl (C=O) groups excluding carboxylic acids is 1. The molecule has 39 heavy (non-hydrogen) atoms. The molecule has 3 aliphatic carbocycles. The number of nitro groups is 1. The van der Waals surface area contributed by atoms with E-state index in [0.29, 0.717) is 17.8 Å². The van der Waals surface area contributed by atoms with Crippen molar-refractivity contribution in [2.24, 2.45) is 23.2 Å². The minimum absolute atomic E-state index is 0.0560. The molecule has 2 bridgehead atoms. The monoisotopic (exact) mass is 551 g/mol. The first kappa shape index (κ1) is 26.8. The van der Waals surface area contributed by atoms with Crippen molar-refractivity contribution in [3.63, 3.8) is 0 Å². The molecular weight excluding hydrogens is 521 g/mol. The smallest absolute Gasteiger partial charge is 0.293 e. The van der Waals surface area contributed by atoms with E-state index in [1.165, 1.54) is 42.8 Å². The summed E-state index contributed by atoms with van der Waals surface area (Å²) in [5.74, 6) is 0.167. The maximum absolute atomic E-state index is 13.2. The molecule has 0 radical (unpaired) electrons. The molecule has 3 aliphatic rings. The summed E-state index contributed by atoms with van der Waals surface area (Å²) in [4.78, 5) is 23.6. The highest BCUT2D eigenvalue weighted by Gasteiger charge is 2.56. The topological polar surface area (TPSA) is 118 Å². The Morgan fingerprint density at radius 3 is 2.18 bits per heavy atom. The van der Waals surface area contributed by atoms with Crippen LogP contribution in [0.4, 0.5) is 15.8 Å². The molecule has 0 aromatic heterocycles. The van der Waals surface area contributed by atoms with Gasteiger partial charge in [0.15, 0.2) is 0 Å². The molecule has 10 heteroatoms. The summed E-state index contributed by atoms with van der Waals surface area (Å²) in [6.45, 7) is 6.70. The lowest BCUT2D eigenvalue weighted by atomic mass is 9.45. The third-order valence-electron chi connectivity index (χ3n) is 8.72. The second-order valence-corrected chi connectivity index (χ2v) is 12.8. The third-order valence-corrected chi connectivity index (χ3v) is 10.1. The maximum atomic E-state index is 13.2. The number of rotatable bonds is 7. The molecule has 0 aliphatic heterocycles. The second kappa shape index (κ2) is 9.75. The first-order valence-corrected chi connectivity index (χ1v) is 14.3. The molecule has 0 spiro atoms. The van der Waals surface area contributed by atoms with Crippen molar-refractivity contribution < 1.29 is 22.5 Å². The number of hydrogen-bond donors (Lipinski definition) is 2. The Balaban J connectivity index is 1.31. The van der Waals surface area contributed by atoms with E-state index in [9.17, 15) is 27.7 Å². The van der Waals surface area contributed by atoms with Crippen LogP contribution in [0.2, 0.25) is 0 Å². The van der Waals surface area contributed by atoms with E-state index in [4.69, 9.17) is 0 Å². The number of anilines is 1. The highest BCUT2D eigenvalue weighted by Crippen LogP contribution is 2.61. The Morgan fingerprint density at radius 1 is 1.00 bits per heavy atom. The summed E-state index contributed by atoms with van der Waals surface area (Å²) in [6.07, 6.45) is 2.07. The standard InChI is InChI=1S/C29H30FN3O5S/c1-17-24-14-21(29(24,2)3)15-26(17)31-25-13-12-23(16-27(25)33(35)36)39(37,38)32-28(34)20-6-4-18(5-7-20)19-8-10-22(30)11-9-19/h4-13,16-17,21,24,26,31H,14-15H2,1-3H3,(H,32,34)/t17-,21+,24-,26-/m1/s1. The molecule has 3 saturated carbocycles. The number of benzene rings is 3. The van der Waals surface area contributed by atoms with Gasteiger partial charge in [-0.05, 0) is 83.5 Å². The molecule has 3 aromatic carbocycles. The summed E-state index contributed by atoms with van der Waals surface area (Å²) in [6, 6.07) is 15.7. The Hall–Kier alpha value is -3.79. The number of hydrogen-bond acceptors (Lipinski definition) is 6. The molecule has 2 N–H and O–H groups in total. The van der Waals surface area contributed by atoms with Crippen molar-refractivity contribution in [1.82, 2.24) is 4.72 Å². The maximum Gasteiger partial charge on any atom is 0.293 e. The Kier molecular flexibility index (Phi) is 6.70. The zero-order valence-electron chi connectivity index (χ0n) is 21.8. The van der Waals surface area contributed by atoms with Gasteiger partial charge in [0, 0.05) is 17.7 Å². The number of nitro benzene ring substituents is 1. The minimum Gasteiger partial charge on any atom is -0.376 e. The molecule has 3 fully saturated rings. The van der Waals surface area contributed by atoms with Crippen LogP contribution < -0.4 is 10.0 Å². The van der Waals surface area contributed by atoms with Crippen molar-refractivity contribution in [3.05, 3.63) is 88.2 Å². The van der Waals surface area contributed by atoms with Gasteiger partial charge in [-0.3, -0.25) is 14.9 Å². The largest absolute Gasteiger partial charge is 0.376 e. The van der Waals surface area contributed by atoms with Crippen LogP contribution >= 0.6 is 0 Å². The number of sulfonamides is 1. The number of halogens is 1. The van der Waals surface area contributed by atoms with Crippen LogP contribution in [0, 0.1) is 39.1 Å². The van der Waals surface area contributed by atoms with Gasteiger partial charge >= 0.3 is 0 Å². The van der Waals surface area contributed by atoms with E-state index in [1.54, 1.807) is 24.3 Å². The quantitative estimate of drug-likeness (QED) is 0.275. The van der Waals surface area contributed by atoms with Gasteiger partial charge in [-0.2, -0.15) is 0 Å². The van der Waals surface area contributed by atoms with E-state index >= 15 is 0 Å². The Morgan fingerprint density at radius 2 is 1.62 bits per heavy atom. The summed E-state index contributed by atoms with van der Waals surface area (Å²) in [5, 5.41) is 15.2. The minimum atomic E-state index is -4.38. The van der Waals surface area contributed by atoms with Crippen molar-refractivity contribution >= 4 is 27.3 Å². The molecule has 4 atom stereocenters. The molecule has 0 heterocycles. The van der Waals surface area contributed by atoms with Gasteiger partial charge in [0.1, 0.15) is 11.5 Å². The van der Waals surface area contributed by atoms with Gasteiger partial charge in [-0.15, -0.1) is 0 Å². The van der Waals surface area contributed by atoms with Crippen LogP contribution in [0.15, 0.2) is 71.6 Å². The number of amides is 1. The lowest BCUT2D eigenvalue weighted by Crippen LogP contribution is -2.58. The predicted octanol–water partition coefficient (Wildman–Crippen LogP) is 6.00. The zero-order chi connectivity index (χ0) is 28.1. The zero-order valence-corrected chi connectivity index (χ0v) is 22.7. The molecular formula is C29H30FN3O5S. The molecule has 0 unspecified atom stereocenters.